The molecule has 1 unspecified atom stereocenters. The minimum atomic E-state index is -2.95. The van der Waals surface area contributed by atoms with Crippen molar-refractivity contribution in [1.82, 2.24) is 14.8 Å². The fourth-order valence-corrected chi connectivity index (χ4v) is 6.82. The van der Waals surface area contributed by atoms with Crippen molar-refractivity contribution in [2.75, 3.05) is 24.7 Å². The Morgan fingerprint density at radius 1 is 1.12 bits per heavy atom. The lowest BCUT2D eigenvalue weighted by Gasteiger charge is -2.34. The van der Waals surface area contributed by atoms with Gasteiger partial charge in [-0.15, -0.1) is 0 Å². The molecule has 4 heterocycles. The molecule has 2 aliphatic rings. The fraction of sp³-hybridized carbons (Fsp3) is 0.640. The number of nitriles is 1. The Balaban J connectivity index is 1.10. The molecule has 1 atom stereocenters. The summed E-state index contributed by atoms with van der Waals surface area (Å²) in [4.78, 5) is 4.57. The smallest absolute Gasteiger partial charge is 0.153 e. The van der Waals surface area contributed by atoms with E-state index < -0.39 is 15.3 Å². The summed E-state index contributed by atoms with van der Waals surface area (Å²) in [7, 11) is -2.95. The van der Waals surface area contributed by atoms with E-state index >= 15 is 0 Å². The van der Waals surface area contributed by atoms with Crippen LogP contribution in [0.15, 0.2) is 30.6 Å². The highest BCUT2D eigenvalue weighted by Crippen LogP contribution is 2.37. The molecule has 2 aromatic heterocycles. The van der Waals surface area contributed by atoms with Crippen molar-refractivity contribution in [3.05, 3.63) is 30.6 Å². The number of hydrogen-bond donors (Lipinski definition) is 0. The van der Waals surface area contributed by atoms with Crippen LogP contribution in [0.2, 0.25) is 0 Å². The van der Waals surface area contributed by atoms with Gasteiger partial charge in [-0.2, -0.15) is 10.4 Å². The third-order valence-electron chi connectivity index (χ3n) is 6.65. The quantitative estimate of drug-likeness (QED) is 0.400. The molecule has 0 aromatic carbocycles. The van der Waals surface area contributed by atoms with Crippen LogP contribution in [0.1, 0.15) is 70.4 Å². The third-order valence-corrected chi connectivity index (χ3v) is 8.63. The van der Waals surface area contributed by atoms with Crippen LogP contribution in [0.5, 0.6) is 5.75 Å². The number of unbranched alkanes of at least 4 members (excludes halogenated alkanes) is 5. The van der Waals surface area contributed by atoms with E-state index in [9.17, 15) is 13.7 Å². The summed E-state index contributed by atoms with van der Waals surface area (Å²) < 4.78 is 36.4. The van der Waals surface area contributed by atoms with Crippen LogP contribution < -0.4 is 4.74 Å². The molecule has 0 spiro atoms. The highest BCUT2D eigenvalue weighted by Gasteiger charge is 2.48. The number of ether oxygens (including phenoxy) is 2. The third kappa shape index (κ3) is 6.36. The van der Waals surface area contributed by atoms with Crippen LogP contribution in [-0.2, 0) is 14.6 Å². The van der Waals surface area contributed by atoms with Crippen LogP contribution in [-0.4, -0.2) is 47.9 Å². The molecule has 0 radical (unpaired) electrons. The van der Waals surface area contributed by atoms with E-state index in [-0.39, 0.29) is 17.7 Å². The molecule has 8 nitrogen and oxygen atoms in total. The van der Waals surface area contributed by atoms with E-state index in [1.807, 2.05) is 22.9 Å². The number of hydrogen-bond acceptors (Lipinski definition) is 7. The van der Waals surface area contributed by atoms with Crippen molar-refractivity contribution in [2.45, 2.75) is 70.4 Å². The molecule has 184 valence electrons. The molecule has 2 aromatic rings. The van der Waals surface area contributed by atoms with E-state index in [4.69, 9.17) is 9.47 Å². The van der Waals surface area contributed by atoms with E-state index in [0.29, 0.717) is 13.0 Å². The molecule has 9 heteroatoms. The summed E-state index contributed by atoms with van der Waals surface area (Å²) in [6.45, 7) is 1.43. The highest BCUT2D eigenvalue weighted by molar-refractivity contribution is 7.92. The van der Waals surface area contributed by atoms with Crippen LogP contribution in [0.25, 0.3) is 11.4 Å². The maximum Gasteiger partial charge on any atom is 0.153 e. The first-order chi connectivity index (χ1) is 16.5. The molecule has 0 amide bonds. The van der Waals surface area contributed by atoms with Crippen LogP contribution in [0, 0.1) is 16.7 Å². The largest absolute Gasteiger partial charge is 0.492 e. The zero-order chi connectivity index (χ0) is 23.9. The summed E-state index contributed by atoms with van der Waals surface area (Å²) in [5, 5.41) is 13.7. The SMILES string of the molecule is N#CC1(CCCCCCCCOc2ccc(-c3ccnn3C3CCCCO3)nc2)CS(=O)(=O)C1. The van der Waals surface area contributed by atoms with Gasteiger partial charge in [0.25, 0.3) is 0 Å². The Bertz CT molecular complexity index is 1060. The standard InChI is InChI=1S/C25H34N4O4S/c26-18-25(19-34(30,31)20-25)13-6-3-1-2-4-7-15-32-21-10-11-22(27-17-21)23-12-14-28-29(23)24-9-5-8-16-33-24/h10-12,14,17,24H,1-9,13,15-16,19-20H2. The number of rotatable bonds is 12. The van der Waals surface area contributed by atoms with Gasteiger partial charge in [-0.05, 0) is 50.3 Å². The monoisotopic (exact) mass is 486 g/mol. The maximum atomic E-state index is 11.4. The van der Waals surface area contributed by atoms with Gasteiger partial charge in [0.1, 0.15) is 5.75 Å². The van der Waals surface area contributed by atoms with E-state index in [0.717, 1.165) is 81.5 Å². The molecule has 2 aliphatic heterocycles. The van der Waals surface area contributed by atoms with Crippen molar-refractivity contribution in [1.29, 1.82) is 5.26 Å². The lowest BCUT2D eigenvalue weighted by molar-refractivity contribution is -0.0384. The molecule has 4 rings (SSSR count). The molecule has 2 saturated heterocycles. The van der Waals surface area contributed by atoms with Crippen molar-refractivity contribution in [2.24, 2.45) is 5.41 Å². The summed E-state index contributed by atoms with van der Waals surface area (Å²) in [5.41, 5.74) is 1.20. The Labute approximate surface area is 202 Å². The van der Waals surface area contributed by atoms with E-state index in [1.165, 1.54) is 0 Å². The van der Waals surface area contributed by atoms with Gasteiger partial charge in [-0.3, -0.25) is 4.98 Å². The average molecular weight is 487 g/mol. The van der Waals surface area contributed by atoms with Crippen LogP contribution in [0.4, 0.5) is 0 Å². The first-order valence-corrected chi connectivity index (χ1v) is 14.2. The molecule has 0 N–H and O–H groups in total. The molecule has 2 fully saturated rings. The predicted octanol–water partition coefficient (Wildman–Crippen LogP) is 4.69. The lowest BCUT2D eigenvalue weighted by atomic mass is 9.87. The van der Waals surface area contributed by atoms with Gasteiger partial charge < -0.3 is 9.47 Å². The Morgan fingerprint density at radius 3 is 2.59 bits per heavy atom. The molecule has 0 bridgehead atoms. The zero-order valence-electron chi connectivity index (χ0n) is 19.7. The van der Waals surface area contributed by atoms with Gasteiger partial charge in [0.2, 0.25) is 0 Å². The maximum absolute atomic E-state index is 11.4. The van der Waals surface area contributed by atoms with Gasteiger partial charge in [0.05, 0.1) is 47.2 Å². The van der Waals surface area contributed by atoms with E-state index in [1.54, 1.807) is 12.4 Å². The summed E-state index contributed by atoms with van der Waals surface area (Å²) >= 11 is 0. The molecular formula is C25H34N4O4S. The second-order valence-electron chi connectivity index (χ2n) is 9.51. The Kier molecular flexibility index (Phi) is 8.22. The number of pyridine rings is 1. The van der Waals surface area contributed by atoms with Gasteiger partial charge in [0.15, 0.2) is 16.1 Å². The van der Waals surface area contributed by atoms with Crippen molar-refractivity contribution in [3.8, 4) is 23.2 Å². The molecule has 0 aliphatic carbocycles. The topological polar surface area (TPSA) is 107 Å². The minimum absolute atomic E-state index is 0.0155. The Morgan fingerprint density at radius 2 is 1.91 bits per heavy atom. The highest BCUT2D eigenvalue weighted by atomic mass is 32.2. The molecule has 0 saturated carbocycles. The van der Waals surface area contributed by atoms with E-state index in [2.05, 4.69) is 16.2 Å². The van der Waals surface area contributed by atoms with Crippen molar-refractivity contribution in [3.63, 3.8) is 0 Å². The lowest BCUT2D eigenvalue weighted by Crippen LogP contribution is -2.47. The summed E-state index contributed by atoms with van der Waals surface area (Å²) in [6, 6.07) is 8.11. The normalized spacial score (nSPS) is 20.9. The van der Waals surface area contributed by atoms with Gasteiger partial charge >= 0.3 is 0 Å². The van der Waals surface area contributed by atoms with Crippen LogP contribution in [0.3, 0.4) is 0 Å². The van der Waals surface area contributed by atoms with Gasteiger partial charge in [-0.1, -0.05) is 32.1 Å². The van der Waals surface area contributed by atoms with Crippen molar-refractivity contribution < 1.29 is 17.9 Å². The van der Waals surface area contributed by atoms with Crippen molar-refractivity contribution >= 4 is 9.84 Å². The predicted molar refractivity (Wildman–Crippen MR) is 129 cm³/mol. The Hall–Kier alpha value is -2.44. The molecular weight excluding hydrogens is 452 g/mol. The average Bonchev–Trinajstić information content (AvgIpc) is 3.32. The number of sulfone groups is 1. The number of aromatic nitrogens is 3. The van der Waals surface area contributed by atoms with Gasteiger partial charge in [0, 0.05) is 12.8 Å². The summed E-state index contributed by atoms with van der Waals surface area (Å²) in [5.74, 6) is 0.853. The molecule has 34 heavy (non-hydrogen) atoms. The fourth-order valence-electron chi connectivity index (χ4n) is 4.81. The van der Waals surface area contributed by atoms with Gasteiger partial charge in [-0.25, -0.2) is 13.1 Å². The zero-order valence-corrected chi connectivity index (χ0v) is 20.5. The summed E-state index contributed by atoms with van der Waals surface area (Å²) in [6.07, 6.45) is 13.7. The number of nitrogens with zero attached hydrogens (tertiary/aromatic N) is 4. The van der Waals surface area contributed by atoms with Crippen LogP contribution >= 0.6 is 0 Å². The first-order valence-electron chi connectivity index (χ1n) is 12.4. The second kappa shape index (κ2) is 11.3. The first kappa shape index (κ1) is 24.7. The minimum Gasteiger partial charge on any atom is -0.492 e. The second-order valence-corrected chi connectivity index (χ2v) is 11.6.